The smallest absolute Gasteiger partial charge is 0.271 e. The molecule has 1 saturated carbocycles. The summed E-state index contributed by atoms with van der Waals surface area (Å²) in [6.45, 7) is 2.50. The second kappa shape index (κ2) is 14.3. The molecule has 50 heavy (non-hydrogen) atoms. The van der Waals surface area contributed by atoms with Crippen LogP contribution in [0.15, 0.2) is 85.3 Å². The van der Waals surface area contributed by atoms with Crippen molar-refractivity contribution >= 4 is 29.0 Å². The number of hydrogen-bond donors (Lipinski definition) is 4. The van der Waals surface area contributed by atoms with Gasteiger partial charge in [0, 0.05) is 49.8 Å². The summed E-state index contributed by atoms with van der Waals surface area (Å²) in [6, 6.07) is 19.2. The number of carbonyl (C=O) groups is 2. The number of fused-ring (bicyclic) bond motifs is 2. The Morgan fingerprint density at radius 1 is 0.940 bits per heavy atom. The van der Waals surface area contributed by atoms with E-state index in [1.807, 2.05) is 43.4 Å². The molecule has 7 rings (SSSR count). The summed E-state index contributed by atoms with van der Waals surface area (Å²) in [5, 5.41) is 21.4. The van der Waals surface area contributed by atoms with Gasteiger partial charge in [-0.1, -0.05) is 36.4 Å². The van der Waals surface area contributed by atoms with Crippen molar-refractivity contribution in [3.8, 4) is 11.1 Å². The van der Waals surface area contributed by atoms with E-state index in [4.69, 9.17) is 0 Å². The SMILES string of the molecule is CNCCNCc1ccc(-c2cccc(N3c4ncc(F)cc4C(=O)N(C4CCC(NC(=O)c5cn6cc(F)ccc6n5)CC4)C3O)c2)cc1. The van der Waals surface area contributed by atoms with Gasteiger partial charge >= 0.3 is 0 Å². The van der Waals surface area contributed by atoms with E-state index in [0.29, 0.717) is 37.0 Å². The zero-order valence-corrected chi connectivity index (χ0v) is 27.5. The summed E-state index contributed by atoms with van der Waals surface area (Å²) in [5.41, 5.74) is 4.34. The molecule has 13 heteroatoms. The number of benzene rings is 2. The molecule has 0 spiro atoms. The molecule has 1 unspecified atom stereocenters. The lowest BCUT2D eigenvalue weighted by Gasteiger charge is -2.46. The number of pyridine rings is 2. The number of aliphatic hydroxyl groups excluding tert-OH is 1. The topological polar surface area (TPSA) is 127 Å². The standard InChI is InChI=1S/C37H38F2N8O3/c1-40-15-16-41-19-23-5-7-24(8-6-23)25-3-2-4-30(17-25)46-34-31(18-27(39)20-42-34)36(49)47(37(46)50)29-12-10-28(11-13-29)43-35(48)32-22-45-21-26(38)9-14-33(45)44-32/h2-9,14,17-18,20-22,28-29,37,40-41,50H,10-13,15-16,19H2,1H3,(H,43,48). The monoisotopic (exact) mass is 680 g/mol. The molecule has 1 aliphatic heterocycles. The Balaban J connectivity index is 1.08. The molecule has 0 saturated heterocycles. The maximum absolute atomic E-state index is 14.5. The molecule has 0 bridgehead atoms. The molecule has 1 aliphatic carbocycles. The minimum Gasteiger partial charge on any atom is -0.356 e. The van der Waals surface area contributed by atoms with Crippen LogP contribution in [-0.4, -0.2) is 74.8 Å². The molecule has 4 heterocycles. The van der Waals surface area contributed by atoms with Crippen LogP contribution in [0.3, 0.4) is 0 Å². The number of hydrogen-bond acceptors (Lipinski definition) is 8. The first-order valence-electron chi connectivity index (χ1n) is 16.7. The van der Waals surface area contributed by atoms with E-state index in [2.05, 4.69) is 38.1 Å². The predicted octanol–water partition coefficient (Wildman–Crippen LogP) is 4.59. The fraction of sp³-hybridized carbons (Fsp3) is 0.297. The van der Waals surface area contributed by atoms with Crippen molar-refractivity contribution in [3.63, 3.8) is 0 Å². The Bertz CT molecular complexity index is 2010. The molecule has 5 aromatic rings. The average Bonchev–Trinajstić information content (AvgIpc) is 3.55. The van der Waals surface area contributed by atoms with Crippen molar-refractivity contribution in [2.45, 2.75) is 50.7 Å². The highest BCUT2D eigenvalue weighted by molar-refractivity contribution is 6.02. The van der Waals surface area contributed by atoms with Gasteiger partial charge in [0.25, 0.3) is 11.8 Å². The highest BCUT2D eigenvalue weighted by Gasteiger charge is 2.43. The lowest BCUT2D eigenvalue weighted by molar-refractivity contribution is -0.0217. The molecule has 11 nitrogen and oxygen atoms in total. The summed E-state index contributed by atoms with van der Waals surface area (Å²) in [6.07, 6.45) is 4.45. The van der Waals surface area contributed by atoms with E-state index in [-0.39, 0.29) is 35.1 Å². The number of nitrogens with one attached hydrogen (secondary N) is 3. The van der Waals surface area contributed by atoms with Crippen molar-refractivity contribution in [2.75, 3.05) is 25.0 Å². The molecule has 4 N–H and O–H groups in total. The predicted molar refractivity (Wildman–Crippen MR) is 185 cm³/mol. The van der Waals surface area contributed by atoms with E-state index in [9.17, 15) is 23.5 Å². The number of rotatable bonds is 10. The van der Waals surface area contributed by atoms with Gasteiger partial charge in [-0.05, 0) is 79.8 Å². The number of anilines is 2. The van der Waals surface area contributed by atoms with Crippen LogP contribution in [0.2, 0.25) is 0 Å². The van der Waals surface area contributed by atoms with Crippen LogP contribution < -0.4 is 20.9 Å². The van der Waals surface area contributed by atoms with Crippen molar-refractivity contribution in [1.29, 1.82) is 0 Å². The molecule has 2 aromatic carbocycles. The van der Waals surface area contributed by atoms with Crippen molar-refractivity contribution in [3.05, 3.63) is 114 Å². The van der Waals surface area contributed by atoms with Gasteiger partial charge in [-0.25, -0.2) is 18.7 Å². The Morgan fingerprint density at radius 2 is 1.74 bits per heavy atom. The van der Waals surface area contributed by atoms with Gasteiger partial charge in [-0.3, -0.25) is 19.4 Å². The fourth-order valence-corrected chi connectivity index (χ4v) is 6.80. The minimum atomic E-state index is -1.40. The number of likely N-dealkylation sites (N-methyl/N-ethyl adjacent to an activating group) is 1. The normalized spacial score (nSPS) is 19.1. The number of imidazole rings is 1. The molecule has 1 fully saturated rings. The minimum absolute atomic E-state index is 0.0644. The maximum Gasteiger partial charge on any atom is 0.271 e. The summed E-state index contributed by atoms with van der Waals surface area (Å²) >= 11 is 0. The molecule has 0 radical (unpaired) electrons. The van der Waals surface area contributed by atoms with Crippen molar-refractivity contribution < 1.29 is 23.5 Å². The summed E-state index contributed by atoms with van der Waals surface area (Å²) < 4.78 is 29.6. The van der Waals surface area contributed by atoms with Crippen LogP contribution in [0.4, 0.5) is 20.3 Å². The Kier molecular flexibility index (Phi) is 9.52. The zero-order chi connectivity index (χ0) is 34.8. The van der Waals surface area contributed by atoms with Gasteiger partial charge in [0.05, 0.1) is 11.8 Å². The largest absolute Gasteiger partial charge is 0.356 e. The van der Waals surface area contributed by atoms with Gasteiger partial charge in [-0.2, -0.15) is 0 Å². The quantitative estimate of drug-likeness (QED) is 0.158. The third-order valence-corrected chi connectivity index (χ3v) is 9.37. The average molecular weight is 681 g/mol. The third-order valence-electron chi connectivity index (χ3n) is 9.37. The second-order valence-electron chi connectivity index (χ2n) is 12.7. The van der Waals surface area contributed by atoms with Crippen LogP contribution in [0, 0.1) is 11.6 Å². The first-order chi connectivity index (χ1) is 24.3. The third kappa shape index (κ3) is 6.79. The van der Waals surface area contributed by atoms with Crippen LogP contribution in [0.5, 0.6) is 0 Å². The Labute approximate surface area is 288 Å². The van der Waals surface area contributed by atoms with E-state index in [1.165, 1.54) is 33.8 Å². The number of halogens is 2. The van der Waals surface area contributed by atoms with Gasteiger partial charge in [-0.15, -0.1) is 0 Å². The van der Waals surface area contributed by atoms with Gasteiger partial charge in [0.2, 0.25) is 6.35 Å². The van der Waals surface area contributed by atoms with Crippen LogP contribution >= 0.6 is 0 Å². The van der Waals surface area contributed by atoms with Crippen LogP contribution in [0.25, 0.3) is 16.8 Å². The molecule has 2 amide bonds. The number of carbonyl (C=O) groups excluding carboxylic acids is 2. The maximum atomic E-state index is 14.5. The van der Waals surface area contributed by atoms with Gasteiger partial charge in [0.15, 0.2) is 0 Å². The number of amides is 2. The Hall–Kier alpha value is -5.24. The fourth-order valence-electron chi connectivity index (χ4n) is 6.80. The van der Waals surface area contributed by atoms with E-state index in [1.54, 1.807) is 4.90 Å². The summed E-state index contributed by atoms with van der Waals surface area (Å²) in [4.78, 5) is 38.4. The van der Waals surface area contributed by atoms with Crippen LogP contribution in [0.1, 0.15) is 52.1 Å². The number of aromatic nitrogens is 3. The summed E-state index contributed by atoms with van der Waals surface area (Å²) in [5.74, 6) is -1.78. The molecule has 3 aromatic heterocycles. The van der Waals surface area contributed by atoms with Crippen molar-refractivity contribution in [2.24, 2.45) is 0 Å². The molecule has 2 aliphatic rings. The highest BCUT2D eigenvalue weighted by Crippen LogP contribution is 2.39. The van der Waals surface area contributed by atoms with E-state index < -0.39 is 23.9 Å². The van der Waals surface area contributed by atoms with E-state index >= 15 is 0 Å². The van der Waals surface area contributed by atoms with E-state index in [0.717, 1.165) is 48.6 Å². The molecular formula is C37H38F2N8O3. The molecular weight excluding hydrogens is 642 g/mol. The van der Waals surface area contributed by atoms with Crippen molar-refractivity contribution in [1.82, 2.24) is 35.2 Å². The first-order valence-corrected chi connectivity index (χ1v) is 16.7. The molecule has 1 atom stereocenters. The molecule has 258 valence electrons. The lowest BCUT2D eigenvalue weighted by Crippen LogP contribution is -2.59. The zero-order valence-electron chi connectivity index (χ0n) is 27.5. The lowest BCUT2D eigenvalue weighted by atomic mass is 9.89. The highest BCUT2D eigenvalue weighted by atomic mass is 19.1. The number of nitrogens with zero attached hydrogens (tertiary/aromatic N) is 5. The van der Waals surface area contributed by atoms with Gasteiger partial charge < -0.3 is 25.5 Å². The number of aliphatic hydroxyl groups is 1. The van der Waals surface area contributed by atoms with Crippen LogP contribution in [-0.2, 0) is 6.54 Å². The van der Waals surface area contributed by atoms with Gasteiger partial charge in [0.1, 0.15) is 28.8 Å². The summed E-state index contributed by atoms with van der Waals surface area (Å²) in [7, 11) is 1.92. The second-order valence-corrected chi connectivity index (χ2v) is 12.7. The Morgan fingerprint density at radius 3 is 2.52 bits per heavy atom. The first kappa shape index (κ1) is 33.3.